The molecule has 0 aliphatic rings. The van der Waals surface area contributed by atoms with E-state index in [1.54, 1.807) is 0 Å². The number of rotatable bonds is 7. The molecule has 0 aromatic rings. The Bertz CT molecular complexity index is 93.8. The van der Waals surface area contributed by atoms with E-state index in [1.807, 2.05) is 13.8 Å². The summed E-state index contributed by atoms with van der Waals surface area (Å²) in [6, 6.07) is 0.334. The van der Waals surface area contributed by atoms with Gasteiger partial charge in [-0.3, -0.25) is 0 Å². The third-order valence-electron chi connectivity index (χ3n) is 2.17. The Balaban J connectivity index is 3.00. The molecule has 0 amide bonds. The summed E-state index contributed by atoms with van der Waals surface area (Å²) in [5.41, 5.74) is 5.61. The zero-order valence-corrected chi connectivity index (χ0v) is 8.42. The summed E-state index contributed by atoms with van der Waals surface area (Å²) < 4.78 is 0. The van der Waals surface area contributed by atoms with Crippen molar-refractivity contribution in [3.05, 3.63) is 0 Å². The normalized spacial score (nSPS) is 16.0. The second kappa shape index (κ2) is 7.56. The molecule has 0 saturated heterocycles. The Labute approximate surface area is 76.2 Å². The summed E-state index contributed by atoms with van der Waals surface area (Å²) in [6.07, 6.45) is 6.42. The average molecular weight is 173 g/mol. The monoisotopic (exact) mass is 173 g/mol. The van der Waals surface area contributed by atoms with E-state index in [9.17, 15) is 5.11 Å². The predicted molar refractivity (Wildman–Crippen MR) is 53.0 cm³/mol. The standard InChI is InChI=1S/C10H23NO/c1-3-10(12)8-6-4-5-7-9(2)11/h9-10,12H,3-8,11H2,1-2H3. The van der Waals surface area contributed by atoms with Crippen LogP contribution in [0.3, 0.4) is 0 Å². The van der Waals surface area contributed by atoms with Gasteiger partial charge in [0, 0.05) is 6.04 Å². The molecule has 2 atom stereocenters. The minimum atomic E-state index is -0.0831. The van der Waals surface area contributed by atoms with Crippen LogP contribution in [0.4, 0.5) is 0 Å². The molecule has 0 rings (SSSR count). The lowest BCUT2D eigenvalue weighted by Crippen LogP contribution is -2.14. The van der Waals surface area contributed by atoms with Crippen molar-refractivity contribution in [1.82, 2.24) is 0 Å². The molecule has 3 N–H and O–H groups in total. The van der Waals surface area contributed by atoms with E-state index in [4.69, 9.17) is 5.73 Å². The Morgan fingerprint density at radius 1 is 1.17 bits per heavy atom. The van der Waals surface area contributed by atoms with Crippen LogP contribution in [0.15, 0.2) is 0 Å². The predicted octanol–water partition coefficient (Wildman–Crippen LogP) is 2.06. The second-order valence-corrected chi connectivity index (χ2v) is 3.68. The Morgan fingerprint density at radius 2 is 1.75 bits per heavy atom. The number of aliphatic hydroxyl groups is 1. The molecular weight excluding hydrogens is 150 g/mol. The minimum Gasteiger partial charge on any atom is -0.393 e. The van der Waals surface area contributed by atoms with Gasteiger partial charge in [0.05, 0.1) is 6.10 Å². The lowest BCUT2D eigenvalue weighted by molar-refractivity contribution is 0.156. The minimum absolute atomic E-state index is 0.0831. The van der Waals surface area contributed by atoms with Gasteiger partial charge >= 0.3 is 0 Å². The Kier molecular flexibility index (Phi) is 7.51. The fraction of sp³-hybridized carbons (Fsp3) is 1.00. The summed E-state index contributed by atoms with van der Waals surface area (Å²) in [7, 11) is 0. The molecule has 0 aromatic carbocycles. The lowest BCUT2D eigenvalue weighted by atomic mass is 10.1. The van der Waals surface area contributed by atoms with Gasteiger partial charge in [-0.15, -0.1) is 0 Å². The first-order valence-electron chi connectivity index (χ1n) is 5.10. The highest BCUT2D eigenvalue weighted by atomic mass is 16.3. The van der Waals surface area contributed by atoms with E-state index in [0.29, 0.717) is 6.04 Å². The van der Waals surface area contributed by atoms with Crippen LogP contribution >= 0.6 is 0 Å². The van der Waals surface area contributed by atoms with Crippen molar-refractivity contribution in [3.8, 4) is 0 Å². The first-order chi connectivity index (χ1) is 5.66. The van der Waals surface area contributed by atoms with Gasteiger partial charge < -0.3 is 10.8 Å². The second-order valence-electron chi connectivity index (χ2n) is 3.68. The molecule has 0 spiro atoms. The van der Waals surface area contributed by atoms with Gasteiger partial charge in [0.2, 0.25) is 0 Å². The number of nitrogens with two attached hydrogens (primary N) is 1. The quantitative estimate of drug-likeness (QED) is 0.579. The van der Waals surface area contributed by atoms with Crippen molar-refractivity contribution in [2.75, 3.05) is 0 Å². The van der Waals surface area contributed by atoms with E-state index < -0.39 is 0 Å². The summed E-state index contributed by atoms with van der Waals surface area (Å²) in [5, 5.41) is 9.24. The van der Waals surface area contributed by atoms with Crippen molar-refractivity contribution in [1.29, 1.82) is 0 Å². The topological polar surface area (TPSA) is 46.2 Å². The van der Waals surface area contributed by atoms with Gasteiger partial charge in [0.25, 0.3) is 0 Å². The molecule has 0 aliphatic carbocycles. The molecule has 2 nitrogen and oxygen atoms in total. The fourth-order valence-electron chi connectivity index (χ4n) is 1.23. The van der Waals surface area contributed by atoms with Crippen molar-refractivity contribution < 1.29 is 5.11 Å². The molecule has 0 bridgehead atoms. The number of aliphatic hydroxyl groups excluding tert-OH is 1. The first kappa shape index (κ1) is 11.9. The van der Waals surface area contributed by atoms with E-state index in [0.717, 1.165) is 25.7 Å². The summed E-state index contributed by atoms with van der Waals surface area (Å²) in [6.45, 7) is 4.06. The largest absolute Gasteiger partial charge is 0.393 e. The highest BCUT2D eigenvalue weighted by Crippen LogP contribution is 2.08. The fourth-order valence-corrected chi connectivity index (χ4v) is 1.23. The van der Waals surface area contributed by atoms with E-state index in [2.05, 4.69) is 0 Å². The maximum absolute atomic E-state index is 9.24. The molecule has 2 unspecified atom stereocenters. The molecule has 0 heterocycles. The van der Waals surface area contributed by atoms with Crippen LogP contribution in [0.5, 0.6) is 0 Å². The molecule has 0 radical (unpaired) electrons. The van der Waals surface area contributed by atoms with Gasteiger partial charge in [-0.1, -0.05) is 26.2 Å². The van der Waals surface area contributed by atoms with Crippen molar-refractivity contribution >= 4 is 0 Å². The highest BCUT2D eigenvalue weighted by Gasteiger charge is 2.00. The van der Waals surface area contributed by atoms with E-state index >= 15 is 0 Å². The summed E-state index contributed by atoms with van der Waals surface area (Å²) in [5.74, 6) is 0. The van der Waals surface area contributed by atoms with Crippen LogP contribution in [0.2, 0.25) is 0 Å². The molecule has 2 heteroatoms. The van der Waals surface area contributed by atoms with Crippen LogP contribution in [-0.2, 0) is 0 Å². The molecule has 74 valence electrons. The van der Waals surface area contributed by atoms with Crippen LogP contribution in [-0.4, -0.2) is 17.3 Å². The molecular formula is C10H23NO. The molecule has 0 aromatic heterocycles. The van der Waals surface area contributed by atoms with Crippen LogP contribution in [0, 0.1) is 0 Å². The van der Waals surface area contributed by atoms with Crippen molar-refractivity contribution in [2.24, 2.45) is 5.73 Å². The van der Waals surface area contributed by atoms with Crippen molar-refractivity contribution in [3.63, 3.8) is 0 Å². The third kappa shape index (κ3) is 8.02. The number of hydrogen-bond donors (Lipinski definition) is 2. The smallest absolute Gasteiger partial charge is 0.0537 e. The summed E-state index contributed by atoms with van der Waals surface area (Å²) >= 11 is 0. The first-order valence-corrected chi connectivity index (χ1v) is 5.10. The van der Waals surface area contributed by atoms with E-state index in [-0.39, 0.29) is 6.10 Å². The average Bonchev–Trinajstić information content (AvgIpc) is 2.03. The molecule has 0 aliphatic heterocycles. The van der Waals surface area contributed by atoms with Gasteiger partial charge in [-0.2, -0.15) is 0 Å². The number of hydrogen-bond acceptors (Lipinski definition) is 2. The zero-order chi connectivity index (χ0) is 9.40. The van der Waals surface area contributed by atoms with Crippen molar-refractivity contribution in [2.45, 2.75) is 64.5 Å². The van der Waals surface area contributed by atoms with Gasteiger partial charge in [0.1, 0.15) is 0 Å². The maximum atomic E-state index is 9.24. The Hall–Kier alpha value is -0.0800. The van der Waals surface area contributed by atoms with Gasteiger partial charge in [0.15, 0.2) is 0 Å². The highest BCUT2D eigenvalue weighted by molar-refractivity contribution is 4.56. The van der Waals surface area contributed by atoms with Crippen LogP contribution in [0.1, 0.15) is 52.4 Å². The number of unbranched alkanes of at least 4 members (excludes halogenated alkanes) is 2. The molecule has 0 saturated carbocycles. The Morgan fingerprint density at radius 3 is 2.25 bits per heavy atom. The SMILES string of the molecule is CCC(O)CCCCCC(C)N. The molecule has 12 heavy (non-hydrogen) atoms. The third-order valence-corrected chi connectivity index (χ3v) is 2.17. The van der Waals surface area contributed by atoms with Gasteiger partial charge in [-0.05, 0) is 26.2 Å². The summed E-state index contributed by atoms with van der Waals surface area (Å²) in [4.78, 5) is 0. The molecule has 0 fully saturated rings. The maximum Gasteiger partial charge on any atom is 0.0537 e. The lowest BCUT2D eigenvalue weighted by Gasteiger charge is -2.07. The van der Waals surface area contributed by atoms with Crippen LogP contribution in [0.25, 0.3) is 0 Å². The van der Waals surface area contributed by atoms with Crippen LogP contribution < -0.4 is 5.73 Å². The zero-order valence-electron chi connectivity index (χ0n) is 8.42. The van der Waals surface area contributed by atoms with Gasteiger partial charge in [-0.25, -0.2) is 0 Å². The van der Waals surface area contributed by atoms with E-state index in [1.165, 1.54) is 12.8 Å².